The number of carbonyl (C=O) groups excluding carboxylic acids is 1. The van der Waals surface area contributed by atoms with Crippen molar-refractivity contribution in [2.45, 2.75) is 13.0 Å². The van der Waals surface area contributed by atoms with Crippen LogP contribution in [-0.2, 0) is 17.8 Å². The Labute approximate surface area is 134 Å². The maximum absolute atomic E-state index is 11.5. The number of nitrogens with two attached hydrogens (primary N) is 1. The SMILES string of the molecule is NCC(=O)Cc1ccc[n+](Cc2cn(-c3ccccc3)nn2)c1. The standard InChI is InChI=1S/C17H18N5O/c18-10-17(23)9-14-5-4-8-21(11-14)12-15-13-22(20-19-15)16-6-2-1-3-7-16/h1-8,11,13H,9-10,12,18H2/q+1. The molecule has 2 heterocycles. The van der Waals surface area contributed by atoms with Crippen molar-refractivity contribution in [2.75, 3.05) is 6.54 Å². The van der Waals surface area contributed by atoms with Crippen LogP contribution in [0.15, 0.2) is 61.1 Å². The molecule has 6 heteroatoms. The van der Waals surface area contributed by atoms with Crippen LogP contribution in [-0.4, -0.2) is 27.3 Å². The van der Waals surface area contributed by atoms with Gasteiger partial charge in [0.25, 0.3) is 0 Å². The average molecular weight is 308 g/mol. The lowest BCUT2D eigenvalue weighted by Gasteiger charge is -1.99. The molecule has 2 aromatic heterocycles. The monoisotopic (exact) mass is 308 g/mol. The second-order valence-corrected chi connectivity index (χ2v) is 5.29. The quantitative estimate of drug-likeness (QED) is 0.679. The van der Waals surface area contributed by atoms with Gasteiger partial charge in [-0.3, -0.25) is 4.79 Å². The summed E-state index contributed by atoms with van der Waals surface area (Å²) in [6.45, 7) is 0.664. The van der Waals surface area contributed by atoms with Gasteiger partial charge in [0.2, 0.25) is 0 Å². The number of Topliss-reactive ketones (excluding diaryl/α,β-unsaturated/α-hetero) is 1. The third kappa shape index (κ3) is 3.87. The lowest BCUT2D eigenvalue weighted by molar-refractivity contribution is -0.689. The highest BCUT2D eigenvalue weighted by Crippen LogP contribution is 2.05. The molecule has 0 unspecified atom stereocenters. The van der Waals surface area contributed by atoms with Gasteiger partial charge in [0.15, 0.2) is 24.7 Å². The number of rotatable bonds is 6. The summed E-state index contributed by atoms with van der Waals surface area (Å²) in [6.07, 6.45) is 6.14. The third-order valence-electron chi connectivity index (χ3n) is 3.45. The van der Waals surface area contributed by atoms with Crippen molar-refractivity contribution in [3.8, 4) is 5.69 Å². The summed E-state index contributed by atoms with van der Waals surface area (Å²) in [6, 6.07) is 13.7. The van der Waals surface area contributed by atoms with Gasteiger partial charge in [-0.25, -0.2) is 4.68 Å². The maximum Gasteiger partial charge on any atom is 0.193 e. The molecule has 0 saturated carbocycles. The van der Waals surface area contributed by atoms with E-state index in [0.717, 1.165) is 16.9 Å². The normalized spacial score (nSPS) is 10.7. The number of ketones is 1. The van der Waals surface area contributed by atoms with Crippen LogP contribution in [0.3, 0.4) is 0 Å². The van der Waals surface area contributed by atoms with Crippen molar-refractivity contribution in [1.82, 2.24) is 15.0 Å². The van der Waals surface area contributed by atoms with E-state index in [2.05, 4.69) is 10.3 Å². The largest absolute Gasteiger partial charge is 0.324 e. The molecule has 0 radical (unpaired) electrons. The van der Waals surface area contributed by atoms with E-state index >= 15 is 0 Å². The van der Waals surface area contributed by atoms with E-state index in [1.165, 1.54) is 0 Å². The second kappa shape index (κ2) is 6.93. The van der Waals surface area contributed by atoms with Gasteiger partial charge in [-0.15, -0.1) is 5.10 Å². The van der Waals surface area contributed by atoms with Gasteiger partial charge in [-0.1, -0.05) is 23.4 Å². The van der Waals surface area contributed by atoms with Crippen LogP contribution in [0.1, 0.15) is 11.3 Å². The van der Waals surface area contributed by atoms with Crippen LogP contribution in [0.4, 0.5) is 0 Å². The first-order chi connectivity index (χ1) is 11.2. The Hall–Kier alpha value is -2.86. The van der Waals surface area contributed by atoms with Crippen LogP contribution in [0, 0.1) is 0 Å². The molecule has 0 spiro atoms. The van der Waals surface area contributed by atoms with E-state index in [-0.39, 0.29) is 12.3 Å². The van der Waals surface area contributed by atoms with Crippen molar-refractivity contribution in [3.63, 3.8) is 0 Å². The number of hydrogen-bond acceptors (Lipinski definition) is 4. The fourth-order valence-electron chi connectivity index (χ4n) is 2.34. The summed E-state index contributed by atoms with van der Waals surface area (Å²) in [7, 11) is 0. The molecule has 0 saturated heterocycles. The molecule has 1 aromatic carbocycles. The van der Waals surface area contributed by atoms with Gasteiger partial charge in [0, 0.05) is 18.1 Å². The van der Waals surface area contributed by atoms with Gasteiger partial charge < -0.3 is 5.73 Å². The highest BCUT2D eigenvalue weighted by atomic mass is 16.1. The number of aromatic nitrogens is 4. The van der Waals surface area contributed by atoms with Crippen LogP contribution in [0.5, 0.6) is 0 Å². The summed E-state index contributed by atoms with van der Waals surface area (Å²) >= 11 is 0. The smallest absolute Gasteiger partial charge is 0.193 e. The average Bonchev–Trinajstić information content (AvgIpc) is 3.04. The molecule has 23 heavy (non-hydrogen) atoms. The molecule has 0 aliphatic rings. The predicted molar refractivity (Wildman–Crippen MR) is 84.9 cm³/mol. The van der Waals surface area contributed by atoms with Gasteiger partial charge in [-0.05, 0) is 18.2 Å². The predicted octanol–water partition coefficient (Wildman–Crippen LogP) is 0.673. The Bertz CT molecular complexity index is 798. The molecule has 0 bridgehead atoms. The number of nitrogens with zero attached hydrogens (tertiary/aromatic N) is 4. The van der Waals surface area contributed by atoms with Gasteiger partial charge >= 0.3 is 0 Å². The lowest BCUT2D eigenvalue weighted by atomic mass is 10.1. The number of hydrogen-bond donors (Lipinski definition) is 1. The van der Waals surface area contributed by atoms with E-state index < -0.39 is 0 Å². The Balaban J connectivity index is 1.74. The molecule has 0 aliphatic heterocycles. The molecule has 3 aromatic rings. The van der Waals surface area contributed by atoms with E-state index in [0.29, 0.717) is 13.0 Å². The van der Waals surface area contributed by atoms with Crippen molar-refractivity contribution in [2.24, 2.45) is 5.73 Å². The van der Waals surface area contributed by atoms with Gasteiger partial charge in [0.05, 0.1) is 18.4 Å². The maximum atomic E-state index is 11.5. The minimum Gasteiger partial charge on any atom is -0.324 e. The summed E-state index contributed by atoms with van der Waals surface area (Å²) in [5, 5.41) is 8.35. The Kier molecular flexibility index (Phi) is 4.54. The summed E-state index contributed by atoms with van der Waals surface area (Å²) in [5.74, 6) is 0.0257. The van der Waals surface area contributed by atoms with Crippen molar-refractivity contribution < 1.29 is 9.36 Å². The van der Waals surface area contributed by atoms with Crippen molar-refractivity contribution >= 4 is 5.78 Å². The molecule has 0 atom stereocenters. The molecular weight excluding hydrogens is 290 g/mol. The molecule has 116 valence electrons. The van der Waals surface area contributed by atoms with Crippen molar-refractivity contribution in [3.05, 3.63) is 72.3 Å². The molecule has 0 aliphatic carbocycles. The minimum absolute atomic E-state index is 0.0257. The molecule has 3 rings (SSSR count). The first kappa shape index (κ1) is 15.1. The summed E-state index contributed by atoms with van der Waals surface area (Å²) < 4.78 is 3.73. The topological polar surface area (TPSA) is 77.7 Å². The summed E-state index contributed by atoms with van der Waals surface area (Å²) in [5.41, 5.74) is 8.12. The Morgan fingerprint density at radius 2 is 2.00 bits per heavy atom. The molecule has 0 fully saturated rings. The number of pyridine rings is 1. The Morgan fingerprint density at radius 1 is 1.17 bits per heavy atom. The van der Waals surface area contributed by atoms with E-state index in [4.69, 9.17) is 5.73 Å². The molecular formula is C17H18N5O+. The Morgan fingerprint density at radius 3 is 2.78 bits per heavy atom. The van der Waals surface area contributed by atoms with Gasteiger partial charge in [0.1, 0.15) is 5.69 Å². The first-order valence-electron chi connectivity index (χ1n) is 7.41. The third-order valence-corrected chi connectivity index (χ3v) is 3.45. The van der Waals surface area contributed by atoms with Crippen LogP contribution >= 0.6 is 0 Å². The molecule has 2 N–H and O–H groups in total. The summed E-state index contributed by atoms with van der Waals surface area (Å²) in [4.78, 5) is 11.5. The van der Waals surface area contributed by atoms with E-state index in [9.17, 15) is 4.79 Å². The highest BCUT2D eigenvalue weighted by Gasteiger charge is 2.10. The van der Waals surface area contributed by atoms with E-state index in [1.54, 1.807) is 4.68 Å². The van der Waals surface area contributed by atoms with Gasteiger partial charge in [-0.2, -0.15) is 4.57 Å². The zero-order valence-corrected chi connectivity index (χ0v) is 12.7. The minimum atomic E-state index is 0.0257. The molecule has 6 nitrogen and oxygen atoms in total. The van der Waals surface area contributed by atoms with Crippen LogP contribution in [0.25, 0.3) is 5.69 Å². The fraction of sp³-hybridized carbons (Fsp3) is 0.176. The molecule has 0 amide bonds. The van der Waals surface area contributed by atoms with Crippen LogP contribution < -0.4 is 10.3 Å². The fourth-order valence-corrected chi connectivity index (χ4v) is 2.34. The zero-order chi connectivity index (χ0) is 16.1. The van der Waals surface area contributed by atoms with Crippen molar-refractivity contribution in [1.29, 1.82) is 0 Å². The lowest BCUT2D eigenvalue weighted by Crippen LogP contribution is -2.34. The zero-order valence-electron chi connectivity index (χ0n) is 12.7. The first-order valence-corrected chi connectivity index (χ1v) is 7.41. The van der Waals surface area contributed by atoms with E-state index in [1.807, 2.05) is 65.6 Å². The number of para-hydroxylation sites is 1. The second-order valence-electron chi connectivity index (χ2n) is 5.29. The number of carbonyl (C=O) groups is 1. The highest BCUT2D eigenvalue weighted by molar-refractivity contribution is 5.82. The van der Waals surface area contributed by atoms with Crippen LogP contribution in [0.2, 0.25) is 0 Å². The number of benzene rings is 1.